The van der Waals surface area contributed by atoms with Crippen LogP contribution in [-0.4, -0.2) is 249 Å². The Kier molecular flexibility index (Phi) is 121. The summed E-state index contributed by atoms with van der Waals surface area (Å²) in [7, 11) is -19.8. The van der Waals surface area contributed by atoms with Gasteiger partial charge in [-0.3, -0.25) is 0 Å². The van der Waals surface area contributed by atoms with Gasteiger partial charge in [-0.05, 0) is 6.16 Å². The van der Waals surface area contributed by atoms with Gasteiger partial charge in [-0.15, -0.1) is 41.0 Å². The van der Waals surface area contributed by atoms with Gasteiger partial charge in [-0.2, -0.15) is 10.5 Å². The van der Waals surface area contributed by atoms with Gasteiger partial charge < -0.3 is 109 Å². The van der Waals surface area contributed by atoms with Crippen molar-refractivity contribution in [3.05, 3.63) is 0 Å². The summed E-state index contributed by atoms with van der Waals surface area (Å²) in [5.41, 5.74) is 0. The third kappa shape index (κ3) is 213. The molecule has 0 amide bonds. The molecule has 3 heterocycles. The van der Waals surface area contributed by atoms with E-state index in [4.69, 9.17) is 157 Å². The minimum atomic E-state index is -4.94. The van der Waals surface area contributed by atoms with Gasteiger partial charge in [0.25, 0.3) is 0 Å². The van der Waals surface area contributed by atoms with E-state index >= 15 is 0 Å². The predicted octanol–water partition coefficient (Wildman–Crippen LogP) is -23.5. The van der Waals surface area contributed by atoms with Gasteiger partial charge in [-0.25, -0.2) is 74.5 Å². The average Bonchev–Trinajstić information content (AvgIpc) is 3.35. The minimum absolute atomic E-state index is 0. The summed E-state index contributed by atoms with van der Waals surface area (Å²) < 4.78 is 201. The molecule has 0 aromatic rings. The third-order valence-corrected chi connectivity index (χ3v) is 7.31. The van der Waals surface area contributed by atoms with Crippen LogP contribution in [-0.2, 0) is 139 Å². The van der Waals surface area contributed by atoms with Crippen LogP contribution < -0.4 is 117 Å². The second kappa shape index (κ2) is 94.2. The van der Waals surface area contributed by atoms with E-state index in [1.165, 1.54) is 13.8 Å². The normalized spacial score (nSPS) is 17.9. The maximum absolute atomic E-state index is 8.49. The van der Waals surface area contributed by atoms with E-state index < -0.39 is 47.1 Å². The number of hydrogen-bond donors (Lipinski definition) is 6. The summed E-state index contributed by atoms with van der Waals surface area (Å²) in [6.45, 7) is 29.4. The summed E-state index contributed by atoms with van der Waals surface area (Å²) in [5.74, 6) is 0. The number of halogens is 4. The van der Waals surface area contributed by atoms with Crippen LogP contribution in [0.5, 0.6) is 0 Å². The molecule has 0 bridgehead atoms. The van der Waals surface area contributed by atoms with Gasteiger partial charge in [0, 0.05) is 92.4 Å². The molecule has 0 atom stereocenters. The van der Waals surface area contributed by atoms with Gasteiger partial charge in [0.2, 0.25) is 0 Å². The Morgan fingerprint density at radius 1 is 0.273 bits per heavy atom. The van der Waals surface area contributed by atoms with Gasteiger partial charge >= 0.3 is 81.9 Å². The van der Waals surface area contributed by atoms with E-state index in [0.29, 0.717) is 159 Å². The van der Waals surface area contributed by atoms with Crippen molar-refractivity contribution in [1.29, 1.82) is 10.5 Å². The van der Waals surface area contributed by atoms with E-state index in [0.717, 1.165) is 78.5 Å². The molecule has 3 aliphatic rings. The van der Waals surface area contributed by atoms with Crippen molar-refractivity contribution in [3.8, 4) is 12.1 Å². The molecule has 47 heteroatoms. The average molecular weight is 1680 g/mol. The van der Waals surface area contributed by atoms with E-state index in [1.54, 1.807) is 12.1 Å². The molecule has 516 valence electrons. The fraction of sp³-hybridized carbons (Fsp3) is 0.927. The SMILES string of the molecule is C1COCCOCCNCCOCCOCCN1.C1COCCOCCNCCOCCOCCN1.C1COCCOCCNCCOCCOCCN1.CC#N.CC#N.O.O=C([O-])[O-].[Cd+2].[Cd+2].[Cd+2].[O-][Cl+3]([O-])([O-])[O-].[O-][Cl+3]([O-])([O-])[O-].[O-][Cl+3]([O-])([O-])[O-].[O-][Cl+3]([O-])([O-])[O-]. The second-order valence-electron chi connectivity index (χ2n) is 14.1. The Bertz CT molecular complexity index is 957. The van der Waals surface area contributed by atoms with Crippen molar-refractivity contribution in [2.75, 3.05) is 237 Å². The molecule has 8 N–H and O–H groups in total. The fourth-order valence-electron chi connectivity index (χ4n) is 4.41. The van der Waals surface area contributed by atoms with Crippen LogP contribution in [0.15, 0.2) is 0 Å². The van der Waals surface area contributed by atoms with Crippen molar-refractivity contribution in [1.82, 2.24) is 31.9 Å². The summed E-state index contributed by atoms with van der Waals surface area (Å²) in [6.07, 6.45) is -2.33. The van der Waals surface area contributed by atoms with E-state index in [9.17, 15) is 0 Å². The predicted molar refractivity (Wildman–Crippen MR) is 239 cm³/mol. The maximum atomic E-state index is 8.49. The molecule has 3 saturated heterocycles. The quantitative estimate of drug-likeness (QED) is 0.123. The summed E-state index contributed by atoms with van der Waals surface area (Å²) >= 11 is 0. The molecule has 3 rings (SSSR count). The largest absolute Gasteiger partial charge is 2.00 e. The molecule has 88 heavy (non-hydrogen) atoms. The first-order chi connectivity index (χ1) is 39.6. The van der Waals surface area contributed by atoms with E-state index in [1.807, 2.05) is 0 Å². The van der Waals surface area contributed by atoms with Gasteiger partial charge in [-0.1, -0.05) is 0 Å². The number of nitrogens with zero attached hydrogens (tertiary/aromatic N) is 2. The van der Waals surface area contributed by atoms with Crippen molar-refractivity contribution < 1.29 is 275 Å². The number of carboxylic acid groups (broad SMARTS) is 2. The Morgan fingerprint density at radius 2 is 0.330 bits per heavy atom. The standard InChI is InChI=1S/3C12H26N2O4.2C2H3N.CH2O3.3Cd.4ClHO4.H2O/c3*1-5-15-9-10-17-7-3-14-4-8-18-12-11-16-6-2-13-1;2*1-2-3;2-1(3)4;;;;4*2-1(3,4)5;/h3*13-14H,1-12H2;2*1H3;(H2,2,3,4);;;;4*(H,2,3,4,5);1H2/q;;;;;;3*+2;;;;;/p-6. The Morgan fingerprint density at radius 3 is 0.386 bits per heavy atom. The van der Waals surface area contributed by atoms with Gasteiger partial charge in [0.05, 0.1) is 171 Å². The minimum Gasteiger partial charge on any atom is -0.652 e. The van der Waals surface area contributed by atoms with Crippen molar-refractivity contribution in [2.24, 2.45) is 0 Å². The van der Waals surface area contributed by atoms with Crippen LogP contribution in [0, 0.1) is 63.6 Å². The third-order valence-electron chi connectivity index (χ3n) is 7.31. The molecule has 3 aliphatic heterocycles. The van der Waals surface area contributed by atoms with Gasteiger partial charge in [0.15, 0.2) is 0 Å². The zero-order chi connectivity index (χ0) is 65.2. The molecule has 0 spiro atoms. The summed E-state index contributed by atoms with van der Waals surface area (Å²) in [5, 5.41) is 50.8. The first-order valence-electron chi connectivity index (χ1n) is 24.7. The topological polar surface area (TPSA) is 694 Å². The number of nitrogens with one attached hydrogen (secondary N) is 6. The molecular weight excluding hydrogens is 1600 g/mol. The van der Waals surface area contributed by atoms with E-state index in [2.05, 4.69) is 31.9 Å². The second-order valence-corrected chi connectivity index (χ2v) is 17.1. The first kappa shape index (κ1) is 113. The van der Waals surface area contributed by atoms with E-state index in [-0.39, 0.29) is 87.4 Å². The number of ether oxygens (including phenoxy) is 12. The van der Waals surface area contributed by atoms with Crippen LogP contribution in [0.25, 0.3) is 0 Å². The molecule has 0 saturated carbocycles. The molecular formula is C41H86Cd3Cl4N8O32. The first-order valence-corrected chi connectivity index (χ1v) is 29.6. The Balaban J connectivity index is -0.0000000896. The molecule has 3 fully saturated rings. The number of carbonyl (C=O) groups is 1. The maximum Gasteiger partial charge on any atom is 2.00 e. The number of nitriles is 2. The zero-order valence-electron chi connectivity index (χ0n) is 49.6. The number of hydrogen-bond acceptors (Lipinski definition) is 39. The van der Waals surface area contributed by atoms with Crippen LogP contribution in [0.1, 0.15) is 13.8 Å². The molecule has 0 aromatic heterocycles. The van der Waals surface area contributed by atoms with Crippen LogP contribution in [0.4, 0.5) is 4.79 Å². The van der Waals surface area contributed by atoms with Crippen LogP contribution in [0.3, 0.4) is 0 Å². The number of carbonyl (C=O) groups excluding carboxylic acids is 1. The van der Waals surface area contributed by atoms with Crippen LogP contribution in [0.2, 0.25) is 0 Å². The molecule has 40 nitrogen and oxygen atoms in total. The molecule has 0 aromatic carbocycles. The smallest absolute Gasteiger partial charge is 0.652 e. The van der Waals surface area contributed by atoms with Crippen molar-refractivity contribution in [3.63, 3.8) is 0 Å². The summed E-state index contributed by atoms with van der Waals surface area (Å²) in [6, 6.07) is 3.50. The molecule has 0 radical (unpaired) electrons. The van der Waals surface area contributed by atoms with Crippen molar-refractivity contribution >= 4 is 6.16 Å². The zero-order valence-corrected chi connectivity index (χ0v) is 64.8. The monoisotopic (exact) mass is 1680 g/mol. The Hall–Kier alpha value is 0.776. The fourth-order valence-corrected chi connectivity index (χ4v) is 4.41. The van der Waals surface area contributed by atoms with Gasteiger partial charge in [0.1, 0.15) is 0 Å². The molecule has 0 unspecified atom stereocenters. The Labute approximate surface area is 581 Å². The van der Waals surface area contributed by atoms with Crippen LogP contribution >= 0.6 is 0 Å². The van der Waals surface area contributed by atoms with Crippen molar-refractivity contribution in [2.45, 2.75) is 13.8 Å². The molecule has 0 aliphatic carbocycles. The number of rotatable bonds is 0. The summed E-state index contributed by atoms with van der Waals surface area (Å²) in [4.78, 5) is 8.33.